The highest BCUT2D eigenvalue weighted by atomic mass is 19.2. The number of nitrogens with zero attached hydrogens (tertiary/aromatic N) is 3. The Hall–Kier alpha value is -3.67. The second kappa shape index (κ2) is 6.99. The fraction of sp³-hybridized carbons (Fsp3) is 0.286. The largest absolute Gasteiger partial charge is 0.347 e. The number of halogens is 2. The van der Waals surface area contributed by atoms with Crippen LogP contribution in [0.2, 0.25) is 0 Å². The van der Waals surface area contributed by atoms with Crippen molar-refractivity contribution in [2.75, 3.05) is 0 Å². The summed E-state index contributed by atoms with van der Waals surface area (Å²) in [7, 11) is 0. The Balaban J connectivity index is 1.71. The Morgan fingerprint density at radius 2 is 2.00 bits per heavy atom. The summed E-state index contributed by atoms with van der Waals surface area (Å²) in [5, 5.41) is 19.3. The van der Waals surface area contributed by atoms with E-state index in [9.17, 15) is 18.4 Å². The Morgan fingerprint density at radius 1 is 1.27 bits per heavy atom. The van der Waals surface area contributed by atoms with E-state index in [-0.39, 0.29) is 27.7 Å². The highest BCUT2D eigenvalue weighted by Gasteiger charge is 2.54. The standard InChI is InChI=1S/C21H17F2N5O2/c1-10-16-15(6-4-13(22)18(16)23)26-19(29)17(10)21(7-8-21)20(30)25-11(2)14-5-3-12(9-24)27-28-14/h3-6,11H,7-8H2,1-2H3,(H,25,30)(H,26,29)/t11-/m1/s1. The Morgan fingerprint density at radius 3 is 2.60 bits per heavy atom. The van der Waals surface area contributed by atoms with Gasteiger partial charge in [0.25, 0.3) is 5.56 Å². The molecule has 1 fully saturated rings. The first-order chi connectivity index (χ1) is 14.3. The van der Waals surface area contributed by atoms with Crippen molar-refractivity contribution in [2.45, 2.75) is 38.1 Å². The number of nitrogens with one attached hydrogen (secondary N) is 2. The van der Waals surface area contributed by atoms with Crippen LogP contribution in [0, 0.1) is 29.9 Å². The van der Waals surface area contributed by atoms with E-state index in [2.05, 4.69) is 20.5 Å². The van der Waals surface area contributed by atoms with Crippen LogP contribution in [0.25, 0.3) is 10.9 Å². The third kappa shape index (κ3) is 3.01. The van der Waals surface area contributed by atoms with Crippen LogP contribution in [0.15, 0.2) is 29.1 Å². The summed E-state index contributed by atoms with van der Waals surface area (Å²) in [4.78, 5) is 28.4. The van der Waals surface area contributed by atoms with Gasteiger partial charge in [0.05, 0.1) is 22.7 Å². The molecule has 0 spiro atoms. The van der Waals surface area contributed by atoms with Gasteiger partial charge in [-0.05, 0) is 56.5 Å². The number of hydrogen-bond donors (Lipinski definition) is 2. The lowest BCUT2D eigenvalue weighted by Gasteiger charge is -2.21. The number of fused-ring (bicyclic) bond motifs is 1. The highest BCUT2D eigenvalue weighted by molar-refractivity contribution is 5.94. The molecular weight excluding hydrogens is 392 g/mol. The molecule has 152 valence electrons. The molecule has 1 aromatic carbocycles. The minimum absolute atomic E-state index is 0.0327. The van der Waals surface area contributed by atoms with E-state index in [1.54, 1.807) is 13.0 Å². The number of carbonyl (C=O) groups is 1. The maximum absolute atomic E-state index is 14.4. The van der Waals surface area contributed by atoms with Crippen LogP contribution in [0.3, 0.4) is 0 Å². The number of carbonyl (C=O) groups excluding carboxylic acids is 1. The molecule has 1 aliphatic carbocycles. The summed E-state index contributed by atoms with van der Waals surface area (Å²) in [6.07, 6.45) is 0.827. The topological polar surface area (TPSA) is 112 Å². The van der Waals surface area contributed by atoms with Crippen LogP contribution >= 0.6 is 0 Å². The average molecular weight is 409 g/mol. The van der Waals surface area contributed by atoms with Crippen molar-refractivity contribution >= 4 is 16.8 Å². The maximum Gasteiger partial charge on any atom is 0.252 e. The van der Waals surface area contributed by atoms with Gasteiger partial charge in [0.2, 0.25) is 5.91 Å². The lowest BCUT2D eigenvalue weighted by atomic mass is 9.89. The molecule has 3 aromatic rings. The molecule has 9 heteroatoms. The number of hydrogen-bond acceptors (Lipinski definition) is 5. The molecule has 2 N–H and O–H groups in total. The fourth-order valence-electron chi connectivity index (χ4n) is 3.84. The van der Waals surface area contributed by atoms with Gasteiger partial charge in [-0.1, -0.05) is 0 Å². The van der Waals surface area contributed by atoms with Crippen LogP contribution in [0.4, 0.5) is 8.78 Å². The molecule has 2 aromatic heterocycles. The highest BCUT2D eigenvalue weighted by Crippen LogP contribution is 2.49. The van der Waals surface area contributed by atoms with Crippen LogP contribution in [0.1, 0.15) is 48.3 Å². The van der Waals surface area contributed by atoms with Crippen LogP contribution < -0.4 is 10.9 Å². The van der Waals surface area contributed by atoms with Crippen molar-refractivity contribution in [2.24, 2.45) is 0 Å². The van der Waals surface area contributed by atoms with Crippen molar-refractivity contribution in [3.05, 3.63) is 68.8 Å². The van der Waals surface area contributed by atoms with Gasteiger partial charge in [-0.25, -0.2) is 8.78 Å². The smallest absolute Gasteiger partial charge is 0.252 e. The van der Waals surface area contributed by atoms with Crippen molar-refractivity contribution < 1.29 is 13.6 Å². The van der Waals surface area contributed by atoms with E-state index in [4.69, 9.17) is 5.26 Å². The van der Waals surface area contributed by atoms with Gasteiger partial charge in [0, 0.05) is 10.9 Å². The van der Waals surface area contributed by atoms with Crippen LogP contribution in [-0.2, 0) is 10.2 Å². The molecule has 0 unspecified atom stereocenters. The fourth-order valence-corrected chi connectivity index (χ4v) is 3.84. The van der Waals surface area contributed by atoms with Gasteiger partial charge in [-0.15, -0.1) is 5.10 Å². The van der Waals surface area contributed by atoms with Crippen molar-refractivity contribution in [1.82, 2.24) is 20.5 Å². The van der Waals surface area contributed by atoms with E-state index in [1.807, 2.05) is 6.07 Å². The monoisotopic (exact) mass is 409 g/mol. The molecular formula is C21H17F2N5O2. The van der Waals surface area contributed by atoms with Crippen LogP contribution in [-0.4, -0.2) is 21.1 Å². The molecule has 1 aliphatic rings. The van der Waals surface area contributed by atoms with Crippen molar-refractivity contribution in [3.8, 4) is 6.07 Å². The minimum Gasteiger partial charge on any atom is -0.347 e. The van der Waals surface area contributed by atoms with Gasteiger partial charge in [0.15, 0.2) is 17.3 Å². The third-order valence-electron chi connectivity index (χ3n) is 5.57. The first-order valence-corrected chi connectivity index (χ1v) is 9.34. The molecule has 0 bridgehead atoms. The Bertz CT molecular complexity index is 1270. The Labute approximate surface area is 169 Å². The summed E-state index contributed by atoms with van der Waals surface area (Å²) in [6.45, 7) is 3.23. The van der Waals surface area contributed by atoms with E-state index in [0.717, 1.165) is 6.07 Å². The lowest BCUT2D eigenvalue weighted by molar-refractivity contribution is -0.124. The number of H-pyrrole nitrogens is 1. The molecule has 2 heterocycles. The average Bonchev–Trinajstić information content (AvgIpc) is 3.52. The number of aromatic nitrogens is 3. The summed E-state index contributed by atoms with van der Waals surface area (Å²) in [6, 6.07) is 6.68. The first kappa shape index (κ1) is 19.6. The number of amides is 1. The predicted molar refractivity (Wildman–Crippen MR) is 103 cm³/mol. The normalized spacial score (nSPS) is 15.4. The quantitative estimate of drug-likeness (QED) is 0.688. The number of aryl methyl sites for hydroxylation is 1. The lowest BCUT2D eigenvalue weighted by Crippen LogP contribution is -2.40. The van der Waals surface area contributed by atoms with Gasteiger partial charge < -0.3 is 10.3 Å². The zero-order chi connectivity index (χ0) is 21.6. The second-order valence-electron chi connectivity index (χ2n) is 7.47. The van der Waals surface area contributed by atoms with E-state index >= 15 is 0 Å². The van der Waals surface area contributed by atoms with Crippen molar-refractivity contribution in [3.63, 3.8) is 0 Å². The molecule has 1 atom stereocenters. The van der Waals surface area contributed by atoms with Crippen molar-refractivity contribution in [1.29, 1.82) is 5.26 Å². The van der Waals surface area contributed by atoms with Gasteiger partial charge in [-0.3, -0.25) is 9.59 Å². The summed E-state index contributed by atoms with van der Waals surface area (Å²) < 4.78 is 28.2. The number of pyridine rings is 1. The molecule has 1 amide bonds. The molecule has 0 saturated heterocycles. The SMILES string of the molecule is Cc1c(C2(C(=O)N[C@H](C)c3ccc(C#N)nn3)CC2)c(=O)[nH]c2ccc(F)c(F)c12. The third-order valence-corrected chi connectivity index (χ3v) is 5.57. The molecule has 30 heavy (non-hydrogen) atoms. The molecule has 0 radical (unpaired) electrons. The second-order valence-corrected chi connectivity index (χ2v) is 7.47. The van der Waals surface area contributed by atoms with Gasteiger partial charge in [-0.2, -0.15) is 10.4 Å². The van der Waals surface area contributed by atoms with E-state index in [1.165, 1.54) is 19.1 Å². The zero-order valence-corrected chi connectivity index (χ0v) is 16.2. The van der Waals surface area contributed by atoms with Gasteiger partial charge >= 0.3 is 0 Å². The predicted octanol–water partition coefficient (Wildman–Crippen LogP) is 2.69. The number of aromatic amines is 1. The summed E-state index contributed by atoms with van der Waals surface area (Å²) >= 11 is 0. The molecule has 1 saturated carbocycles. The number of benzene rings is 1. The zero-order valence-electron chi connectivity index (χ0n) is 16.2. The maximum atomic E-state index is 14.4. The van der Waals surface area contributed by atoms with Gasteiger partial charge in [0.1, 0.15) is 6.07 Å². The summed E-state index contributed by atoms with van der Waals surface area (Å²) in [5.74, 6) is -2.48. The number of nitriles is 1. The summed E-state index contributed by atoms with van der Waals surface area (Å²) in [5.41, 5.74) is -0.417. The molecule has 4 rings (SSSR count). The van der Waals surface area contributed by atoms with Crippen LogP contribution in [0.5, 0.6) is 0 Å². The minimum atomic E-state index is -1.11. The Kier molecular flexibility index (Phi) is 4.57. The van der Waals surface area contributed by atoms with E-state index < -0.39 is 34.6 Å². The molecule has 0 aliphatic heterocycles. The number of rotatable bonds is 4. The first-order valence-electron chi connectivity index (χ1n) is 9.34. The molecule has 7 nitrogen and oxygen atoms in total. The van der Waals surface area contributed by atoms with E-state index in [0.29, 0.717) is 18.5 Å².